The fourth-order valence-corrected chi connectivity index (χ4v) is 5.75. The number of halogens is 1. The van der Waals surface area contributed by atoms with Crippen molar-refractivity contribution >= 4 is 27.3 Å². The largest absolute Gasteiger partial charge is 0.355 e. The van der Waals surface area contributed by atoms with E-state index in [2.05, 4.69) is 5.32 Å². The van der Waals surface area contributed by atoms with Crippen LogP contribution in [0.2, 0.25) is 0 Å². The molecule has 1 aliphatic rings. The van der Waals surface area contributed by atoms with Crippen molar-refractivity contribution < 1.29 is 17.6 Å². The van der Waals surface area contributed by atoms with Crippen molar-refractivity contribution in [1.29, 1.82) is 0 Å². The van der Waals surface area contributed by atoms with E-state index in [1.807, 2.05) is 0 Å². The minimum Gasteiger partial charge on any atom is -0.355 e. The molecule has 1 aliphatic heterocycles. The number of rotatable bonds is 6. The second kappa shape index (κ2) is 8.28. The second-order valence-electron chi connectivity index (χ2n) is 6.27. The first-order chi connectivity index (χ1) is 12.5. The van der Waals surface area contributed by atoms with Gasteiger partial charge in [0.1, 0.15) is 10.0 Å². The highest BCUT2D eigenvalue weighted by Crippen LogP contribution is 2.26. The predicted molar refractivity (Wildman–Crippen MR) is 98.9 cm³/mol. The quantitative estimate of drug-likeness (QED) is 0.816. The summed E-state index contributed by atoms with van der Waals surface area (Å²) in [6.07, 6.45) is 1.71. The van der Waals surface area contributed by atoms with Gasteiger partial charge in [-0.2, -0.15) is 4.31 Å². The normalized spacial score (nSPS) is 18.6. The molecule has 1 aromatic heterocycles. The van der Waals surface area contributed by atoms with Crippen molar-refractivity contribution in [2.75, 3.05) is 19.6 Å². The lowest BCUT2D eigenvalue weighted by Gasteiger charge is -2.30. The lowest BCUT2D eigenvalue weighted by Crippen LogP contribution is -2.45. The van der Waals surface area contributed by atoms with Gasteiger partial charge < -0.3 is 5.32 Å². The number of nitrogens with one attached hydrogen (secondary N) is 1. The molecule has 1 N–H and O–H groups in total. The van der Waals surface area contributed by atoms with E-state index in [4.69, 9.17) is 0 Å². The second-order valence-corrected chi connectivity index (χ2v) is 9.38. The molecule has 1 atom stereocenters. The summed E-state index contributed by atoms with van der Waals surface area (Å²) in [6, 6.07) is 9.76. The molecule has 0 spiro atoms. The van der Waals surface area contributed by atoms with Crippen LogP contribution in [0.5, 0.6) is 0 Å². The number of hydrogen-bond donors (Lipinski definition) is 1. The zero-order chi connectivity index (χ0) is 18.6. The van der Waals surface area contributed by atoms with Gasteiger partial charge in [-0.3, -0.25) is 4.79 Å². The Kier molecular flexibility index (Phi) is 6.05. The average Bonchev–Trinajstić information content (AvgIpc) is 3.19. The van der Waals surface area contributed by atoms with Crippen molar-refractivity contribution in [2.24, 2.45) is 5.92 Å². The third-order valence-corrected chi connectivity index (χ3v) is 7.73. The molecule has 2 heterocycles. The smallest absolute Gasteiger partial charge is 0.252 e. The molecule has 26 heavy (non-hydrogen) atoms. The topological polar surface area (TPSA) is 66.5 Å². The number of carbonyl (C=O) groups excluding carboxylic acids is 1. The highest BCUT2D eigenvalue weighted by molar-refractivity contribution is 7.91. The average molecular weight is 397 g/mol. The van der Waals surface area contributed by atoms with Crippen LogP contribution < -0.4 is 5.32 Å². The molecular formula is C18H21FN2O3S2. The molecule has 1 saturated heterocycles. The van der Waals surface area contributed by atoms with Crippen molar-refractivity contribution in [1.82, 2.24) is 9.62 Å². The van der Waals surface area contributed by atoms with Crippen LogP contribution in [0, 0.1) is 11.7 Å². The third-order valence-electron chi connectivity index (χ3n) is 4.50. The van der Waals surface area contributed by atoms with E-state index in [0.717, 1.165) is 0 Å². The fraction of sp³-hybridized carbons (Fsp3) is 0.389. The van der Waals surface area contributed by atoms with Crippen molar-refractivity contribution in [3.8, 4) is 0 Å². The standard InChI is InChI=1S/C18H21FN2O3S2/c19-16-7-2-1-5-14(16)9-10-20-18(22)15-6-3-11-21(13-15)26(23,24)17-8-4-12-25-17/h1-2,4-5,7-8,12,15H,3,6,9-11,13H2,(H,20,22). The Bertz CT molecular complexity index is 853. The molecule has 0 aliphatic carbocycles. The lowest BCUT2D eigenvalue weighted by atomic mass is 9.99. The van der Waals surface area contributed by atoms with Crippen molar-refractivity contribution in [3.05, 3.63) is 53.2 Å². The molecule has 1 aromatic carbocycles. The Hall–Kier alpha value is -1.77. The van der Waals surface area contributed by atoms with Gasteiger partial charge in [0.25, 0.3) is 10.0 Å². The molecule has 0 bridgehead atoms. The van der Waals surface area contributed by atoms with E-state index in [0.29, 0.717) is 42.1 Å². The van der Waals surface area contributed by atoms with Gasteiger partial charge in [-0.15, -0.1) is 11.3 Å². The Balaban J connectivity index is 1.56. The summed E-state index contributed by atoms with van der Waals surface area (Å²) >= 11 is 1.18. The van der Waals surface area contributed by atoms with Crippen LogP contribution in [0.1, 0.15) is 18.4 Å². The monoisotopic (exact) mass is 396 g/mol. The summed E-state index contributed by atoms with van der Waals surface area (Å²) in [4.78, 5) is 12.4. The summed E-state index contributed by atoms with van der Waals surface area (Å²) in [5.41, 5.74) is 0.554. The number of carbonyl (C=O) groups is 1. The van der Waals surface area contributed by atoms with E-state index < -0.39 is 10.0 Å². The molecule has 2 aromatic rings. The van der Waals surface area contributed by atoms with Gasteiger partial charge in [0.05, 0.1) is 5.92 Å². The Morgan fingerprint density at radius 3 is 2.81 bits per heavy atom. The number of benzene rings is 1. The molecule has 8 heteroatoms. The Morgan fingerprint density at radius 2 is 2.08 bits per heavy atom. The third kappa shape index (κ3) is 4.31. The first-order valence-electron chi connectivity index (χ1n) is 8.53. The highest BCUT2D eigenvalue weighted by atomic mass is 32.2. The highest BCUT2D eigenvalue weighted by Gasteiger charge is 2.33. The van der Waals surface area contributed by atoms with Crippen LogP contribution in [0.15, 0.2) is 46.0 Å². The maximum atomic E-state index is 13.6. The van der Waals surface area contributed by atoms with E-state index in [1.165, 1.54) is 21.7 Å². The molecule has 5 nitrogen and oxygen atoms in total. The van der Waals surface area contributed by atoms with Crippen molar-refractivity contribution in [3.63, 3.8) is 0 Å². The molecule has 1 fully saturated rings. The molecule has 3 rings (SSSR count). The van der Waals surface area contributed by atoms with Crippen LogP contribution in [-0.2, 0) is 21.2 Å². The minimum absolute atomic E-state index is 0.174. The van der Waals surface area contributed by atoms with Gasteiger partial charge in [0.15, 0.2) is 0 Å². The van der Waals surface area contributed by atoms with Gasteiger partial charge in [-0.25, -0.2) is 12.8 Å². The van der Waals surface area contributed by atoms with Gasteiger partial charge in [-0.05, 0) is 42.3 Å². The first-order valence-corrected chi connectivity index (χ1v) is 10.9. The summed E-state index contributed by atoms with van der Waals surface area (Å²) < 4.78 is 40.5. The predicted octanol–water partition coefficient (Wildman–Crippen LogP) is 2.65. The SMILES string of the molecule is O=C(NCCc1ccccc1F)C1CCCN(S(=O)(=O)c2cccs2)C1. The molecule has 1 unspecified atom stereocenters. The van der Waals surface area contributed by atoms with E-state index >= 15 is 0 Å². The van der Waals surface area contributed by atoms with Gasteiger partial charge in [0.2, 0.25) is 5.91 Å². The van der Waals surface area contributed by atoms with E-state index in [1.54, 1.807) is 35.7 Å². The van der Waals surface area contributed by atoms with E-state index in [9.17, 15) is 17.6 Å². The fourth-order valence-electron chi connectivity index (χ4n) is 3.08. The number of piperidine rings is 1. The van der Waals surface area contributed by atoms with Crippen LogP contribution >= 0.6 is 11.3 Å². The van der Waals surface area contributed by atoms with Crippen LogP contribution in [0.25, 0.3) is 0 Å². The van der Waals surface area contributed by atoms with Crippen LogP contribution in [0.3, 0.4) is 0 Å². The minimum atomic E-state index is -3.53. The maximum Gasteiger partial charge on any atom is 0.252 e. The first kappa shape index (κ1) is 19.0. The van der Waals surface area contributed by atoms with Gasteiger partial charge in [0, 0.05) is 19.6 Å². The molecule has 140 valence electrons. The number of hydrogen-bond acceptors (Lipinski definition) is 4. The molecule has 0 saturated carbocycles. The summed E-state index contributed by atoms with van der Waals surface area (Å²) in [6.45, 7) is 0.943. The number of thiophene rings is 1. The lowest BCUT2D eigenvalue weighted by molar-refractivity contribution is -0.126. The van der Waals surface area contributed by atoms with Crippen molar-refractivity contribution in [2.45, 2.75) is 23.5 Å². The zero-order valence-electron chi connectivity index (χ0n) is 14.2. The van der Waals surface area contributed by atoms with Gasteiger partial charge >= 0.3 is 0 Å². The number of nitrogens with zero attached hydrogens (tertiary/aromatic N) is 1. The summed E-state index contributed by atoms with van der Waals surface area (Å²) in [5, 5.41) is 4.54. The van der Waals surface area contributed by atoms with Crippen LogP contribution in [-0.4, -0.2) is 38.3 Å². The van der Waals surface area contributed by atoms with Crippen LogP contribution in [0.4, 0.5) is 4.39 Å². The molecule has 0 radical (unpaired) electrons. The van der Waals surface area contributed by atoms with E-state index in [-0.39, 0.29) is 24.2 Å². The zero-order valence-corrected chi connectivity index (χ0v) is 15.9. The molecule has 1 amide bonds. The molecular weight excluding hydrogens is 375 g/mol. The summed E-state index contributed by atoms with van der Waals surface area (Å²) in [5.74, 6) is -0.834. The number of amides is 1. The summed E-state index contributed by atoms with van der Waals surface area (Å²) in [7, 11) is -3.53. The van der Waals surface area contributed by atoms with Gasteiger partial charge in [-0.1, -0.05) is 24.3 Å². The Labute approximate surface area is 156 Å². The maximum absolute atomic E-state index is 13.6. The Morgan fingerprint density at radius 1 is 1.27 bits per heavy atom. The number of sulfonamides is 1.